The number of nitrogens with zero attached hydrogens (tertiary/aromatic N) is 2. The highest BCUT2D eigenvalue weighted by molar-refractivity contribution is 5.85. The highest BCUT2D eigenvalue weighted by Crippen LogP contribution is 2.17. The van der Waals surface area contributed by atoms with E-state index < -0.39 is 5.41 Å². The summed E-state index contributed by atoms with van der Waals surface area (Å²) in [7, 11) is 0. The second-order valence-corrected chi connectivity index (χ2v) is 3.93. The third-order valence-corrected chi connectivity index (χ3v) is 1.72. The molecular weight excluding hydrogens is 164 g/mol. The molecule has 68 valence electrons. The van der Waals surface area contributed by atoms with E-state index in [9.17, 15) is 4.79 Å². The van der Waals surface area contributed by atoms with Crippen molar-refractivity contribution in [3.05, 3.63) is 24.0 Å². The van der Waals surface area contributed by atoms with Gasteiger partial charge in [0.05, 0.1) is 0 Å². The van der Waals surface area contributed by atoms with Gasteiger partial charge in [-0.15, -0.1) is 0 Å². The number of carbonyl (C=O) groups is 1. The first-order chi connectivity index (χ1) is 5.96. The molecule has 0 aliphatic carbocycles. The SMILES string of the molecule is CC(C)(C)C(=O)n1cccc1C#N. The van der Waals surface area contributed by atoms with Gasteiger partial charge in [0.15, 0.2) is 0 Å². The van der Waals surface area contributed by atoms with Crippen LogP contribution in [0.25, 0.3) is 0 Å². The van der Waals surface area contributed by atoms with Crippen LogP contribution in [0, 0.1) is 16.7 Å². The molecular formula is C10H12N2O. The first kappa shape index (κ1) is 9.53. The summed E-state index contributed by atoms with van der Waals surface area (Å²) in [4.78, 5) is 11.7. The van der Waals surface area contributed by atoms with E-state index >= 15 is 0 Å². The van der Waals surface area contributed by atoms with Gasteiger partial charge < -0.3 is 0 Å². The van der Waals surface area contributed by atoms with Crippen LogP contribution in [0.5, 0.6) is 0 Å². The molecule has 0 bridgehead atoms. The monoisotopic (exact) mass is 176 g/mol. The molecule has 0 unspecified atom stereocenters. The molecule has 1 heterocycles. The van der Waals surface area contributed by atoms with Crippen molar-refractivity contribution in [2.45, 2.75) is 20.8 Å². The first-order valence-electron chi connectivity index (χ1n) is 4.09. The van der Waals surface area contributed by atoms with Gasteiger partial charge >= 0.3 is 0 Å². The van der Waals surface area contributed by atoms with Crippen molar-refractivity contribution >= 4 is 5.91 Å². The van der Waals surface area contributed by atoms with Crippen LogP contribution in [0.4, 0.5) is 0 Å². The number of hydrogen-bond donors (Lipinski definition) is 0. The fraction of sp³-hybridized carbons (Fsp3) is 0.400. The predicted molar refractivity (Wildman–Crippen MR) is 49.2 cm³/mol. The quantitative estimate of drug-likeness (QED) is 0.607. The van der Waals surface area contributed by atoms with Crippen molar-refractivity contribution in [1.29, 1.82) is 5.26 Å². The minimum Gasteiger partial charge on any atom is -0.278 e. The Morgan fingerprint density at radius 2 is 2.15 bits per heavy atom. The third-order valence-electron chi connectivity index (χ3n) is 1.72. The molecule has 0 aliphatic rings. The number of nitriles is 1. The molecule has 3 nitrogen and oxygen atoms in total. The van der Waals surface area contributed by atoms with Crippen LogP contribution in [0.2, 0.25) is 0 Å². The summed E-state index contributed by atoms with van der Waals surface area (Å²) in [6.45, 7) is 5.49. The summed E-state index contributed by atoms with van der Waals surface area (Å²) < 4.78 is 1.39. The Hall–Kier alpha value is -1.56. The minimum atomic E-state index is -0.454. The number of hydrogen-bond acceptors (Lipinski definition) is 2. The van der Waals surface area contributed by atoms with Crippen LogP contribution in [0.3, 0.4) is 0 Å². The Morgan fingerprint density at radius 1 is 1.54 bits per heavy atom. The van der Waals surface area contributed by atoms with Crippen molar-refractivity contribution in [2.24, 2.45) is 5.41 Å². The van der Waals surface area contributed by atoms with Gasteiger partial charge in [-0.05, 0) is 12.1 Å². The number of carbonyl (C=O) groups excluding carboxylic acids is 1. The van der Waals surface area contributed by atoms with Crippen molar-refractivity contribution in [1.82, 2.24) is 4.57 Å². The second-order valence-electron chi connectivity index (χ2n) is 3.93. The number of aromatic nitrogens is 1. The van der Waals surface area contributed by atoms with Crippen LogP contribution in [-0.2, 0) is 0 Å². The van der Waals surface area contributed by atoms with Gasteiger partial charge in [0.2, 0.25) is 5.91 Å². The summed E-state index contributed by atoms with van der Waals surface area (Å²) >= 11 is 0. The lowest BCUT2D eigenvalue weighted by atomic mass is 9.95. The van der Waals surface area contributed by atoms with Crippen LogP contribution >= 0.6 is 0 Å². The van der Waals surface area contributed by atoms with E-state index in [1.807, 2.05) is 26.8 Å². The number of rotatable bonds is 0. The van der Waals surface area contributed by atoms with Gasteiger partial charge in [0.1, 0.15) is 11.8 Å². The third kappa shape index (κ3) is 1.78. The Kier molecular flexibility index (Phi) is 2.24. The van der Waals surface area contributed by atoms with Crippen LogP contribution in [0.15, 0.2) is 18.3 Å². The highest BCUT2D eigenvalue weighted by atomic mass is 16.2. The van der Waals surface area contributed by atoms with E-state index in [1.165, 1.54) is 4.57 Å². The smallest absolute Gasteiger partial charge is 0.236 e. The zero-order valence-corrected chi connectivity index (χ0v) is 8.03. The maximum atomic E-state index is 11.7. The molecule has 1 aromatic rings. The van der Waals surface area contributed by atoms with Gasteiger partial charge in [-0.2, -0.15) is 5.26 Å². The molecule has 1 aromatic heterocycles. The van der Waals surface area contributed by atoms with Crippen LogP contribution in [0.1, 0.15) is 31.3 Å². The fourth-order valence-corrected chi connectivity index (χ4v) is 1.01. The lowest BCUT2D eigenvalue weighted by molar-refractivity contribution is 0.0766. The summed E-state index contributed by atoms with van der Waals surface area (Å²) in [5, 5.41) is 8.70. The molecule has 13 heavy (non-hydrogen) atoms. The molecule has 3 heteroatoms. The Labute approximate surface area is 77.6 Å². The van der Waals surface area contributed by atoms with Gasteiger partial charge in [0.25, 0.3) is 0 Å². The topological polar surface area (TPSA) is 45.8 Å². The Balaban J connectivity index is 3.11. The van der Waals surface area contributed by atoms with E-state index in [1.54, 1.807) is 18.3 Å². The van der Waals surface area contributed by atoms with Gasteiger partial charge in [-0.25, -0.2) is 0 Å². The highest BCUT2D eigenvalue weighted by Gasteiger charge is 2.24. The largest absolute Gasteiger partial charge is 0.278 e. The van der Waals surface area contributed by atoms with E-state index in [0.29, 0.717) is 5.69 Å². The lowest BCUT2D eigenvalue weighted by Gasteiger charge is -2.17. The molecule has 0 saturated carbocycles. The maximum Gasteiger partial charge on any atom is 0.236 e. The average Bonchev–Trinajstić information content (AvgIpc) is 2.48. The summed E-state index contributed by atoms with van der Waals surface area (Å²) in [5.74, 6) is -0.0611. The molecule has 0 spiro atoms. The lowest BCUT2D eigenvalue weighted by Crippen LogP contribution is -2.26. The predicted octanol–water partition coefficient (Wildman–Crippen LogP) is 2.05. The van der Waals surface area contributed by atoms with Crippen LogP contribution < -0.4 is 0 Å². The van der Waals surface area contributed by atoms with Gasteiger partial charge in [-0.3, -0.25) is 9.36 Å². The van der Waals surface area contributed by atoms with Crippen molar-refractivity contribution in [3.63, 3.8) is 0 Å². The second kappa shape index (κ2) is 3.06. The molecule has 0 N–H and O–H groups in total. The molecule has 0 aromatic carbocycles. The van der Waals surface area contributed by atoms with Crippen molar-refractivity contribution < 1.29 is 4.79 Å². The molecule has 0 radical (unpaired) electrons. The van der Waals surface area contributed by atoms with Crippen molar-refractivity contribution in [2.75, 3.05) is 0 Å². The standard InChI is InChI=1S/C10H12N2O/c1-10(2,3)9(13)12-6-4-5-8(12)7-11/h4-6H,1-3H3. The molecule has 1 rings (SSSR count). The van der Waals surface area contributed by atoms with E-state index in [-0.39, 0.29) is 5.91 Å². The van der Waals surface area contributed by atoms with Gasteiger partial charge in [-0.1, -0.05) is 20.8 Å². The Morgan fingerprint density at radius 3 is 2.62 bits per heavy atom. The summed E-state index contributed by atoms with van der Waals surface area (Å²) in [6.07, 6.45) is 1.62. The van der Waals surface area contributed by atoms with Crippen molar-refractivity contribution in [3.8, 4) is 6.07 Å². The van der Waals surface area contributed by atoms with Crippen LogP contribution in [-0.4, -0.2) is 10.5 Å². The summed E-state index contributed by atoms with van der Waals surface area (Å²) in [5.41, 5.74) is -0.0649. The molecule has 0 amide bonds. The van der Waals surface area contributed by atoms with Gasteiger partial charge in [0, 0.05) is 11.6 Å². The van der Waals surface area contributed by atoms with E-state index in [0.717, 1.165) is 0 Å². The molecule has 0 aliphatic heterocycles. The molecule has 0 saturated heterocycles. The molecule has 0 atom stereocenters. The average molecular weight is 176 g/mol. The fourth-order valence-electron chi connectivity index (χ4n) is 1.01. The first-order valence-corrected chi connectivity index (χ1v) is 4.09. The summed E-state index contributed by atoms with van der Waals surface area (Å²) in [6, 6.07) is 5.30. The zero-order valence-electron chi connectivity index (χ0n) is 8.03. The zero-order chi connectivity index (χ0) is 10.1. The Bertz CT molecular complexity index is 363. The van der Waals surface area contributed by atoms with E-state index in [2.05, 4.69) is 0 Å². The normalized spacial score (nSPS) is 10.9. The maximum absolute atomic E-state index is 11.7. The van der Waals surface area contributed by atoms with E-state index in [4.69, 9.17) is 5.26 Å². The minimum absolute atomic E-state index is 0.0611. The molecule has 0 fully saturated rings.